The Bertz CT molecular complexity index is 504. The molecule has 0 amide bonds. The lowest BCUT2D eigenvalue weighted by molar-refractivity contribution is 0.330. The molecule has 1 aromatic rings. The van der Waals surface area contributed by atoms with Crippen LogP contribution in [0.4, 0.5) is 17.6 Å². The normalized spacial score (nSPS) is 17.5. The number of anilines is 3. The monoisotopic (exact) mass is 361 g/mol. The van der Waals surface area contributed by atoms with Crippen molar-refractivity contribution < 1.29 is 0 Å². The molecule has 7 nitrogen and oxygen atoms in total. The lowest BCUT2D eigenvalue weighted by Gasteiger charge is -2.22. The minimum atomic E-state index is 0.766. The van der Waals surface area contributed by atoms with Crippen molar-refractivity contribution in [3.05, 3.63) is 6.07 Å². The fourth-order valence-corrected chi connectivity index (χ4v) is 3.72. The van der Waals surface area contributed by atoms with E-state index in [1.165, 1.54) is 25.7 Å². The lowest BCUT2D eigenvalue weighted by Crippen LogP contribution is -2.26. The van der Waals surface area contributed by atoms with Gasteiger partial charge in [-0.3, -0.25) is 0 Å². The van der Waals surface area contributed by atoms with Crippen LogP contribution < -0.4 is 20.9 Å². The maximum atomic E-state index is 5.58. The predicted octanol–water partition coefficient (Wildman–Crippen LogP) is 1.76. The van der Waals surface area contributed by atoms with Crippen LogP contribution in [0.15, 0.2) is 6.07 Å². The summed E-state index contributed by atoms with van der Waals surface area (Å²) in [5.74, 6) is 2.95. The highest BCUT2D eigenvalue weighted by Crippen LogP contribution is 2.25. The zero-order valence-corrected chi connectivity index (χ0v) is 16.3. The zero-order valence-electron chi connectivity index (χ0n) is 16.3. The zero-order chi connectivity index (χ0) is 18.2. The van der Waals surface area contributed by atoms with Crippen molar-refractivity contribution in [3.63, 3.8) is 0 Å². The van der Waals surface area contributed by atoms with Gasteiger partial charge in [0.1, 0.15) is 11.6 Å². The number of aromatic nitrogens is 2. The van der Waals surface area contributed by atoms with Crippen LogP contribution in [0.25, 0.3) is 0 Å². The number of rotatable bonds is 10. The molecule has 0 atom stereocenters. The summed E-state index contributed by atoms with van der Waals surface area (Å²) >= 11 is 0. The second-order valence-electron chi connectivity index (χ2n) is 7.53. The van der Waals surface area contributed by atoms with Gasteiger partial charge in [-0.1, -0.05) is 0 Å². The minimum absolute atomic E-state index is 0.766. The molecule has 3 N–H and O–H groups in total. The molecule has 2 saturated heterocycles. The fourth-order valence-electron chi connectivity index (χ4n) is 3.72. The van der Waals surface area contributed by atoms with Gasteiger partial charge in [0.05, 0.1) is 0 Å². The van der Waals surface area contributed by atoms with E-state index in [0.29, 0.717) is 0 Å². The number of hydrogen-bond donors (Lipinski definition) is 2. The number of nitrogens with zero attached hydrogens (tertiary/aromatic N) is 5. The van der Waals surface area contributed by atoms with Gasteiger partial charge in [-0.05, 0) is 65.2 Å². The van der Waals surface area contributed by atoms with Gasteiger partial charge in [0.15, 0.2) is 0 Å². The Morgan fingerprint density at radius 2 is 1.65 bits per heavy atom. The first-order chi connectivity index (χ1) is 12.8. The molecule has 26 heavy (non-hydrogen) atoms. The topological polar surface area (TPSA) is 73.6 Å². The molecule has 1 aromatic heterocycles. The largest absolute Gasteiger partial charge is 0.370 e. The Kier molecular flexibility index (Phi) is 7.32. The fraction of sp³-hybridized carbons (Fsp3) is 0.789. The van der Waals surface area contributed by atoms with Crippen molar-refractivity contribution >= 4 is 17.6 Å². The predicted molar refractivity (Wildman–Crippen MR) is 109 cm³/mol. The summed E-state index contributed by atoms with van der Waals surface area (Å²) in [6.45, 7) is 8.23. The van der Waals surface area contributed by atoms with Crippen molar-refractivity contribution in [2.24, 2.45) is 5.73 Å². The van der Waals surface area contributed by atoms with Crippen LogP contribution in [0.1, 0.15) is 38.5 Å². The molecule has 3 rings (SSSR count). The van der Waals surface area contributed by atoms with Gasteiger partial charge in [0.2, 0.25) is 5.95 Å². The molecule has 7 heteroatoms. The number of hydrogen-bond acceptors (Lipinski definition) is 7. The van der Waals surface area contributed by atoms with Crippen LogP contribution in [-0.4, -0.2) is 74.3 Å². The average molecular weight is 362 g/mol. The molecule has 0 aromatic carbocycles. The Morgan fingerprint density at radius 3 is 2.35 bits per heavy atom. The maximum Gasteiger partial charge on any atom is 0.229 e. The van der Waals surface area contributed by atoms with Gasteiger partial charge in [-0.15, -0.1) is 0 Å². The summed E-state index contributed by atoms with van der Waals surface area (Å²) in [5.41, 5.74) is 5.58. The van der Waals surface area contributed by atoms with E-state index in [2.05, 4.69) is 33.1 Å². The number of nitrogens with two attached hydrogens (primary N) is 1. The standard InChI is InChI=1S/C19H35N7/c1-24(10-6-8-20)11-7-9-21-17-16-18(25-12-2-3-13-25)23-19(22-17)26-14-4-5-15-26/h16H,2-15,20H2,1H3,(H,21,22,23). The average Bonchev–Trinajstić information content (AvgIpc) is 3.37. The van der Waals surface area contributed by atoms with Gasteiger partial charge in [0, 0.05) is 38.8 Å². The molecule has 0 saturated carbocycles. The van der Waals surface area contributed by atoms with Crippen molar-refractivity contribution in [2.75, 3.05) is 74.5 Å². The van der Waals surface area contributed by atoms with Crippen molar-refractivity contribution in [1.82, 2.24) is 14.9 Å². The van der Waals surface area contributed by atoms with Crippen LogP contribution in [0.5, 0.6) is 0 Å². The number of nitrogens with one attached hydrogen (secondary N) is 1. The van der Waals surface area contributed by atoms with Crippen molar-refractivity contribution in [3.8, 4) is 0 Å². The second-order valence-corrected chi connectivity index (χ2v) is 7.53. The van der Waals surface area contributed by atoms with Crippen molar-refractivity contribution in [1.29, 1.82) is 0 Å². The lowest BCUT2D eigenvalue weighted by atomic mass is 10.3. The SMILES string of the molecule is CN(CCCN)CCCNc1cc(N2CCCC2)nc(N2CCCC2)n1. The molecule has 146 valence electrons. The van der Waals surface area contributed by atoms with Gasteiger partial charge < -0.3 is 25.8 Å². The van der Waals surface area contributed by atoms with Crippen LogP contribution in [0, 0.1) is 0 Å². The van der Waals surface area contributed by atoms with E-state index in [0.717, 1.165) is 82.8 Å². The highest BCUT2D eigenvalue weighted by Gasteiger charge is 2.20. The molecule has 2 fully saturated rings. The molecular weight excluding hydrogens is 326 g/mol. The van der Waals surface area contributed by atoms with Gasteiger partial charge in [-0.25, -0.2) is 0 Å². The first-order valence-corrected chi connectivity index (χ1v) is 10.3. The molecule has 2 aliphatic rings. The summed E-state index contributed by atoms with van der Waals surface area (Å²) in [7, 11) is 2.16. The van der Waals surface area contributed by atoms with Gasteiger partial charge in [-0.2, -0.15) is 9.97 Å². The summed E-state index contributed by atoms with van der Waals surface area (Å²) < 4.78 is 0. The molecular formula is C19H35N7. The van der Waals surface area contributed by atoms with E-state index in [1.807, 2.05) is 0 Å². The summed E-state index contributed by atoms with van der Waals surface area (Å²) in [6, 6.07) is 2.13. The van der Waals surface area contributed by atoms with Crippen LogP contribution in [0.3, 0.4) is 0 Å². The molecule has 2 aliphatic heterocycles. The van der Waals surface area contributed by atoms with Crippen LogP contribution in [0.2, 0.25) is 0 Å². The van der Waals surface area contributed by atoms with E-state index in [-0.39, 0.29) is 0 Å². The molecule has 0 radical (unpaired) electrons. The first kappa shape index (κ1) is 19.2. The maximum absolute atomic E-state index is 5.58. The van der Waals surface area contributed by atoms with Crippen LogP contribution >= 0.6 is 0 Å². The van der Waals surface area contributed by atoms with Crippen LogP contribution in [-0.2, 0) is 0 Å². The summed E-state index contributed by atoms with van der Waals surface area (Å²) in [4.78, 5) is 16.7. The molecule has 3 heterocycles. The third-order valence-electron chi connectivity index (χ3n) is 5.29. The summed E-state index contributed by atoms with van der Waals surface area (Å²) in [6.07, 6.45) is 7.18. The van der Waals surface area contributed by atoms with E-state index < -0.39 is 0 Å². The molecule has 0 unspecified atom stereocenters. The molecule has 0 bridgehead atoms. The smallest absolute Gasteiger partial charge is 0.229 e. The van der Waals surface area contributed by atoms with E-state index in [1.54, 1.807) is 0 Å². The quantitative estimate of drug-likeness (QED) is 0.615. The molecule has 0 spiro atoms. The van der Waals surface area contributed by atoms with Gasteiger partial charge in [0.25, 0.3) is 0 Å². The summed E-state index contributed by atoms with van der Waals surface area (Å²) in [5, 5.41) is 3.53. The Labute approximate surface area is 158 Å². The Hall–Kier alpha value is -1.60. The van der Waals surface area contributed by atoms with Crippen molar-refractivity contribution in [2.45, 2.75) is 38.5 Å². The highest BCUT2D eigenvalue weighted by atomic mass is 15.3. The van der Waals surface area contributed by atoms with E-state index in [9.17, 15) is 0 Å². The Balaban J connectivity index is 1.58. The van der Waals surface area contributed by atoms with Gasteiger partial charge >= 0.3 is 0 Å². The third-order valence-corrected chi connectivity index (χ3v) is 5.29. The highest BCUT2D eigenvalue weighted by molar-refractivity contribution is 5.55. The third kappa shape index (κ3) is 5.45. The van der Waals surface area contributed by atoms with E-state index >= 15 is 0 Å². The second kappa shape index (κ2) is 9.92. The minimum Gasteiger partial charge on any atom is -0.370 e. The molecule has 0 aliphatic carbocycles. The van der Waals surface area contributed by atoms with E-state index in [4.69, 9.17) is 15.7 Å². The Morgan fingerprint density at radius 1 is 1.00 bits per heavy atom. The first-order valence-electron chi connectivity index (χ1n) is 10.3.